The number of nitrogens with two attached hydrogens (primary N) is 1. The minimum atomic E-state index is -0.513. The normalized spacial score (nSPS) is 11.0. The molecule has 108 valence electrons. The highest BCUT2D eigenvalue weighted by molar-refractivity contribution is 5.93. The van der Waals surface area contributed by atoms with Gasteiger partial charge in [0.1, 0.15) is 11.6 Å². The Balaban J connectivity index is 2.11. The van der Waals surface area contributed by atoms with Crippen LogP contribution in [0.1, 0.15) is 23.2 Å². The van der Waals surface area contributed by atoms with Crippen molar-refractivity contribution in [1.29, 1.82) is 0 Å². The van der Waals surface area contributed by atoms with E-state index in [4.69, 9.17) is 10.5 Å². The van der Waals surface area contributed by atoms with Crippen molar-refractivity contribution in [2.45, 2.75) is 13.8 Å². The Morgan fingerprint density at radius 2 is 2.29 bits per heavy atom. The number of nitrogen functional groups attached to an aromatic ring is 1. The van der Waals surface area contributed by atoms with E-state index >= 15 is 0 Å². The number of carbonyl (C=O) groups excluding carboxylic acids is 1. The van der Waals surface area contributed by atoms with Crippen LogP contribution in [0.2, 0.25) is 0 Å². The highest BCUT2D eigenvalue weighted by atomic mass is 16.5. The predicted molar refractivity (Wildman–Crippen MR) is 78.3 cm³/mol. The average molecular weight is 285 g/mol. The van der Waals surface area contributed by atoms with Crippen LogP contribution in [0, 0.1) is 6.92 Å². The molecular formula is C14H15N5O2. The van der Waals surface area contributed by atoms with Gasteiger partial charge in [-0.25, -0.2) is 9.78 Å². The molecule has 0 aliphatic rings. The van der Waals surface area contributed by atoms with E-state index in [9.17, 15) is 4.79 Å². The van der Waals surface area contributed by atoms with Crippen molar-refractivity contribution in [2.75, 3.05) is 12.3 Å². The summed E-state index contributed by atoms with van der Waals surface area (Å²) in [4.78, 5) is 16.1. The van der Waals surface area contributed by atoms with Gasteiger partial charge in [0, 0.05) is 11.1 Å². The van der Waals surface area contributed by atoms with E-state index in [1.165, 1.54) is 0 Å². The third kappa shape index (κ3) is 2.12. The van der Waals surface area contributed by atoms with Gasteiger partial charge in [-0.2, -0.15) is 5.10 Å². The molecule has 3 N–H and O–H groups in total. The number of carbonyl (C=O) groups is 1. The number of nitrogens with zero attached hydrogens (tertiary/aromatic N) is 3. The second kappa shape index (κ2) is 4.93. The van der Waals surface area contributed by atoms with Crippen LogP contribution >= 0.6 is 0 Å². The molecule has 0 aliphatic carbocycles. The molecule has 0 bridgehead atoms. The van der Waals surface area contributed by atoms with E-state index in [-0.39, 0.29) is 18.1 Å². The van der Waals surface area contributed by atoms with Crippen LogP contribution in [0.25, 0.3) is 16.6 Å². The molecule has 0 amide bonds. The summed E-state index contributed by atoms with van der Waals surface area (Å²) in [7, 11) is 0. The lowest BCUT2D eigenvalue weighted by Crippen LogP contribution is -2.09. The first-order valence-corrected chi connectivity index (χ1v) is 6.57. The topological polar surface area (TPSA) is 98.8 Å². The van der Waals surface area contributed by atoms with Gasteiger partial charge in [-0.05, 0) is 32.0 Å². The second-order valence-electron chi connectivity index (χ2n) is 4.59. The summed E-state index contributed by atoms with van der Waals surface area (Å²) in [5, 5.41) is 7.83. The van der Waals surface area contributed by atoms with Crippen LogP contribution in [0.3, 0.4) is 0 Å². The molecule has 0 fully saturated rings. The fraction of sp³-hybridized carbons (Fsp3) is 0.214. The molecule has 1 aromatic carbocycles. The number of anilines is 1. The van der Waals surface area contributed by atoms with Crippen molar-refractivity contribution in [3.8, 4) is 5.69 Å². The number of nitrogens with one attached hydrogen (secondary N) is 1. The summed E-state index contributed by atoms with van der Waals surface area (Å²) in [6, 6.07) is 5.72. The van der Waals surface area contributed by atoms with Crippen LogP contribution in [0.4, 0.5) is 5.82 Å². The van der Waals surface area contributed by atoms with Crippen LogP contribution < -0.4 is 5.73 Å². The Labute approximate surface area is 120 Å². The fourth-order valence-electron chi connectivity index (χ4n) is 2.29. The van der Waals surface area contributed by atoms with E-state index < -0.39 is 5.97 Å². The molecule has 0 saturated carbocycles. The number of ether oxygens (including phenoxy) is 1. The number of rotatable bonds is 3. The smallest absolute Gasteiger partial charge is 0.360 e. The quantitative estimate of drug-likeness (QED) is 0.715. The van der Waals surface area contributed by atoms with Gasteiger partial charge in [0.15, 0.2) is 5.69 Å². The minimum Gasteiger partial charge on any atom is -0.461 e. The van der Waals surface area contributed by atoms with Gasteiger partial charge in [-0.15, -0.1) is 0 Å². The van der Waals surface area contributed by atoms with Gasteiger partial charge in [0.2, 0.25) is 0 Å². The monoisotopic (exact) mass is 285 g/mol. The molecule has 0 saturated heterocycles. The molecule has 2 heterocycles. The van der Waals surface area contributed by atoms with Gasteiger partial charge in [-0.1, -0.05) is 0 Å². The molecule has 3 aromatic rings. The number of fused-ring (bicyclic) bond motifs is 1. The molecular weight excluding hydrogens is 270 g/mol. The van der Waals surface area contributed by atoms with Crippen LogP contribution in [-0.4, -0.2) is 32.3 Å². The Bertz CT molecular complexity index is 818. The number of hydrogen-bond acceptors (Lipinski definition) is 5. The molecule has 2 aromatic heterocycles. The lowest BCUT2D eigenvalue weighted by atomic mass is 10.2. The maximum absolute atomic E-state index is 11.8. The van der Waals surface area contributed by atoms with Crippen molar-refractivity contribution in [1.82, 2.24) is 19.7 Å². The van der Waals surface area contributed by atoms with E-state index in [1.54, 1.807) is 24.6 Å². The lowest BCUT2D eigenvalue weighted by Gasteiger charge is -2.07. The molecule has 0 spiro atoms. The van der Waals surface area contributed by atoms with Crippen LogP contribution in [0.5, 0.6) is 0 Å². The standard InChI is InChI=1S/C14H15N5O2/c1-3-21-14(20)12-13(15)19(8(2)17-12)10-4-5-11-9(6-10)7-16-18-11/h4-7H,3,15H2,1-2H3,(H,16,18). The van der Waals surface area contributed by atoms with E-state index in [0.717, 1.165) is 16.6 Å². The highest BCUT2D eigenvalue weighted by Crippen LogP contribution is 2.23. The third-order valence-corrected chi connectivity index (χ3v) is 3.23. The van der Waals surface area contributed by atoms with Gasteiger partial charge >= 0.3 is 5.97 Å². The van der Waals surface area contributed by atoms with Crippen molar-refractivity contribution >= 4 is 22.7 Å². The predicted octanol–water partition coefficient (Wildman–Crippen LogP) is 1.82. The Hall–Kier alpha value is -2.83. The number of hydrogen-bond donors (Lipinski definition) is 2. The molecule has 0 aliphatic heterocycles. The second-order valence-corrected chi connectivity index (χ2v) is 4.59. The number of aromatic nitrogens is 4. The number of esters is 1. The summed E-state index contributed by atoms with van der Waals surface area (Å²) >= 11 is 0. The third-order valence-electron chi connectivity index (χ3n) is 3.23. The number of aromatic amines is 1. The van der Waals surface area contributed by atoms with E-state index in [0.29, 0.717) is 5.82 Å². The van der Waals surface area contributed by atoms with E-state index in [2.05, 4.69) is 15.2 Å². The first-order valence-electron chi connectivity index (χ1n) is 6.57. The molecule has 21 heavy (non-hydrogen) atoms. The molecule has 7 nitrogen and oxygen atoms in total. The van der Waals surface area contributed by atoms with Crippen LogP contribution in [-0.2, 0) is 4.74 Å². The van der Waals surface area contributed by atoms with Gasteiger partial charge in [-0.3, -0.25) is 9.67 Å². The summed E-state index contributed by atoms with van der Waals surface area (Å²) < 4.78 is 6.68. The zero-order valence-electron chi connectivity index (χ0n) is 11.8. The lowest BCUT2D eigenvalue weighted by molar-refractivity contribution is 0.0521. The molecule has 0 radical (unpaired) electrons. The first-order chi connectivity index (χ1) is 10.1. The van der Waals surface area contributed by atoms with Gasteiger partial charge in [0.05, 0.1) is 18.3 Å². The molecule has 0 unspecified atom stereocenters. The maximum atomic E-state index is 11.8. The summed E-state index contributed by atoms with van der Waals surface area (Å²) in [6.45, 7) is 3.81. The molecule has 7 heteroatoms. The highest BCUT2D eigenvalue weighted by Gasteiger charge is 2.20. The zero-order valence-corrected chi connectivity index (χ0v) is 11.8. The number of imidazole rings is 1. The van der Waals surface area contributed by atoms with Crippen LogP contribution in [0.15, 0.2) is 24.4 Å². The van der Waals surface area contributed by atoms with Gasteiger partial charge < -0.3 is 10.5 Å². The van der Waals surface area contributed by atoms with Crippen molar-refractivity contribution < 1.29 is 9.53 Å². The maximum Gasteiger partial charge on any atom is 0.360 e. The van der Waals surface area contributed by atoms with Crippen molar-refractivity contribution in [2.24, 2.45) is 0 Å². The number of aryl methyl sites for hydroxylation is 1. The minimum absolute atomic E-state index is 0.140. The average Bonchev–Trinajstić information content (AvgIpc) is 3.03. The summed E-state index contributed by atoms with van der Waals surface area (Å²) in [6.07, 6.45) is 1.73. The van der Waals surface area contributed by atoms with Gasteiger partial charge in [0.25, 0.3) is 0 Å². The number of benzene rings is 1. The zero-order chi connectivity index (χ0) is 15.0. The molecule has 3 rings (SSSR count). The van der Waals surface area contributed by atoms with Crippen molar-refractivity contribution in [3.63, 3.8) is 0 Å². The summed E-state index contributed by atoms with van der Waals surface area (Å²) in [5.41, 5.74) is 7.96. The SMILES string of the molecule is CCOC(=O)c1nc(C)n(-c2ccc3[nH]ncc3c2)c1N. The van der Waals surface area contributed by atoms with Crippen molar-refractivity contribution in [3.05, 3.63) is 35.9 Å². The van der Waals surface area contributed by atoms with E-state index in [1.807, 2.05) is 18.2 Å². The largest absolute Gasteiger partial charge is 0.461 e. The molecule has 0 atom stereocenters. The Morgan fingerprint density at radius 3 is 3.05 bits per heavy atom. The number of H-pyrrole nitrogens is 1. The Kier molecular flexibility index (Phi) is 3.09. The Morgan fingerprint density at radius 1 is 1.48 bits per heavy atom. The first kappa shape index (κ1) is 13.2. The summed E-state index contributed by atoms with van der Waals surface area (Å²) in [5.74, 6) is 0.383. The fourth-order valence-corrected chi connectivity index (χ4v) is 2.29.